The number of aromatic nitrogens is 5. The van der Waals surface area contributed by atoms with Gasteiger partial charge in [-0.15, -0.1) is 0 Å². The molecule has 5 rings (SSSR count). The van der Waals surface area contributed by atoms with Gasteiger partial charge in [-0.3, -0.25) is 4.98 Å². The average Bonchev–Trinajstić information content (AvgIpc) is 3.38. The van der Waals surface area contributed by atoms with Crippen molar-refractivity contribution >= 4 is 16.9 Å². The standard InChI is InChI=1S/C24H22N6O3/c1-13-21(14(2)33-30-13)15-11-16(22-17(12-15)27-23(31)29-22)24(32,18-7-4-5-10-26-18)19-8-6-9-20(25-3)28-19/h4-12,32H,1-3H3,(H,25,28)(H2,27,29,31). The number of aryl methyl sites for hydroxylation is 2. The van der Waals surface area contributed by atoms with E-state index in [0.717, 1.165) is 11.1 Å². The molecule has 1 atom stereocenters. The zero-order valence-corrected chi connectivity index (χ0v) is 18.3. The van der Waals surface area contributed by atoms with Gasteiger partial charge in [-0.25, -0.2) is 9.78 Å². The number of nitrogens with zero attached hydrogens (tertiary/aromatic N) is 3. The molecule has 9 nitrogen and oxygen atoms in total. The van der Waals surface area contributed by atoms with Crippen LogP contribution >= 0.6 is 0 Å². The zero-order valence-electron chi connectivity index (χ0n) is 18.3. The van der Waals surface area contributed by atoms with E-state index in [1.54, 1.807) is 49.6 Å². The largest absolute Gasteiger partial charge is 0.373 e. The van der Waals surface area contributed by atoms with Gasteiger partial charge < -0.3 is 24.9 Å². The van der Waals surface area contributed by atoms with Crippen molar-refractivity contribution < 1.29 is 9.63 Å². The summed E-state index contributed by atoms with van der Waals surface area (Å²) in [4.78, 5) is 27.0. The number of anilines is 1. The van der Waals surface area contributed by atoms with Crippen molar-refractivity contribution in [2.24, 2.45) is 0 Å². The Kier molecular flexibility index (Phi) is 4.83. The maximum atomic E-state index is 12.4. The number of hydrogen-bond donors (Lipinski definition) is 4. The molecule has 1 aromatic carbocycles. The minimum atomic E-state index is -1.77. The van der Waals surface area contributed by atoms with E-state index in [9.17, 15) is 9.90 Å². The van der Waals surface area contributed by atoms with Crippen molar-refractivity contribution in [2.75, 3.05) is 12.4 Å². The van der Waals surface area contributed by atoms with Gasteiger partial charge >= 0.3 is 5.69 Å². The van der Waals surface area contributed by atoms with Crippen LogP contribution in [0.3, 0.4) is 0 Å². The monoisotopic (exact) mass is 442 g/mol. The second kappa shape index (κ2) is 7.72. The summed E-state index contributed by atoms with van der Waals surface area (Å²) in [6, 6.07) is 14.3. The predicted octanol–water partition coefficient (Wildman–Crippen LogP) is 3.24. The number of benzene rings is 1. The van der Waals surface area contributed by atoms with Gasteiger partial charge in [0.2, 0.25) is 0 Å². The lowest BCUT2D eigenvalue weighted by molar-refractivity contribution is 0.117. The molecule has 5 aromatic rings. The fraction of sp³-hybridized carbons (Fsp3) is 0.167. The summed E-state index contributed by atoms with van der Waals surface area (Å²) >= 11 is 0. The number of fused-ring (bicyclic) bond motifs is 1. The molecule has 0 bridgehead atoms. The Morgan fingerprint density at radius 3 is 2.58 bits per heavy atom. The first kappa shape index (κ1) is 20.7. The van der Waals surface area contributed by atoms with E-state index in [1.165, 1.54) is 0 Å². The highest BCUT2D eigenvalue weighted by atomic mass is 16.5. The van der Waals surface area contributed by atoms with E-state index in [2.05, 4.69) is 30.4 Å². The summed E-state index contributed by atoms with van der Waals surface area (Å²) < 4.78 is 5.37. The lowest BCUT2D eigenvalue weighted by Crippen LogP contribution is -2.32. The van der Waals surface area contributed by atoms with Crippen LogP contribution in [0.5, 0.6) is 0 Å². The van der Waals surface area contributed by atoms with Gasteiger partial charge in [0.25, 0.3) is 0 Å². The molecule has 0 amide bonds. The quantitative estimate of drug-likeness (QED) is 0.328. The van der Waals surface area contributed by atoms with E-state index in [4.69, 9.17) is 4.52 Å². The van der Waals surface area contributed by atoms with E-state index >= 15 is 0 Å². The summed E-state index contributed by atoms with van der Waals surface area (Å²) in [7, 11) is 1.76. The number of H-pyrrole nitrogens is 2. The highest BCUT2D eigenvalue weighted by Crippen LogP contribution is 2.40. The molecule has 33 heavy (non-hydrogen) atoms. The molecule has 1 unspecified atom stereocenters. The summed E-state index contributed by atoms with van der Waals surface area (Å²) in [5.74, 6) is 1.22. The van der Waals surface area contributed by atoms with Crippen LogP contribution in [0, 0.1) is 13.8 Å². The first-order chi connectivity index (χ1) is 15.9. The second-order valence-corrected chi connectivity index (χ2v) is 7.81. The third kappa shape index (κ3) is 3.30. The fourth-order valence-electron chi connectivity index (χ4n) is 4.23. The Hall–Kier alpha value is -4.24. The average molecular weight is 442 g/mol. The molecule has 0 saturated heterocycles. The highest BCUT2D eigenvalue weighted by Gasteiger charge is 2.39. The van der Waals surface area contributed by atoms with Gasteiger partial charge in [-0.1, -0.05) is 17.3 Å². The van der Waals surface area contributed by atoms with Crippen molar-refractivity contribution in [1.82, 2.24) is 25.1 Å². The van der Waals surface area contributed by atoms with Crippen molar-refractivity contribution in [3.05, 3.63) is 93.6 Å². The van der Waals surface area contributed by atoms with Crippen molar-refractivity contribution in [3.8, 4) is 11.1 Å². The van der Waals surface area contributed by atoms with E-state index < -0.39 is 5.60 Å². The lowest BCUT2D eigenvalue weighted by atomic mass is 9.83. The number of hydrogen-bond acceptors (Lipinski definition) is 7. The van der Waals surface area contributed by atoms with E-state index in [-0.39, 0.29) is 5.69 Å². The van der Waals surface area contributed by atoms with Gasteiger partial charge in [0, 0.05) is 24.4 Å². The minimum absolute atomic E-state index is 0.354. The van der Waals surface area contributed by atoms with Crippen LogP contribution in [0.1, 0.15) is 28.4 Å². The summed E-state index contributed by atoms with van der Waals surface area (Å²) in [6.45, 7) is 3.67. The topological polar surface area (TPSA) is 133 Å². The first-order valence-electron chi connectivity index (χ1n) is 10.4. The number of pyridine rings is 2. The smallest absolute Gasteiger partial charge is 0.323 e. The maximum Gasteiger partial charge on any atom is 0.323 e. The van der Waals surface area contributed by atoms with Crippen LogP contribution in [-0.4, -0.2) is 37.2 Å². The molecule has 4 heterocycles. The van der Waals surface area contributed by atoms with Gasteiger partial charge in [-0.2, -0.15) is 0 Å². The molecule has 0 aliphatic heterocycles. The predicted molar refractivity (Wildman–Crippen MR) is 124 cm³/mol. The van der Waals surface area contributed by atoms with E-state index in [0.29, 0.717) is 45.3 Å². The summed E-state index contributed by atoms with van der Waals surface area (Å²) in [5.41, 5.74) is 2.21. The molecule has 0 fully saturated rings. The summed E-state index contributed by atoms with van der Waals surface area (Å²) in [5, 5.41) is 19.4. The molecule has 4 aromatic heterocycles. The Balaban J connectivity index is 1.89. The second-order valence-electron chi connectivity index (χ2n) is 7.81. The van der Waals surface area contributed by atoms with Crippen molar-refractivity contribution in [2.45, 2.75) is 19.4 Å². The zero-order chi connectivity index (χ0) is 23.2. The minimum Gasteiger partial charge on any atom is -0.373 e. The van der Waals surface area contributed by atoms with E-state index in [1.807, 2.05) is 26.0 Å². The number of aromatic amines is 2. The molecule has 4 N–H and O–H groups in total. The van der Waals surface area contributed by atoms with Crippen LogP contribution in [0.2, 0.25) is 0 Å². The Labute approximate surface area is 188 Å². The summed E-state index contributed by atoms with van der Waals surface area (Å²) in [6.07, 6.45) is 1.61. The first-order valence-corrected chi connectivity index (χ1v) is 10.4. The Morgan fingerprint density at radius 2 is 1.88 bits per heavy atom. The van der Waals surface area contributed by atoms with Gasteiger partial charge in [-0.05, 0) is 55.8 Å². The fourth-order valence-corrected chi connectivity index (χ4v) is 4.23. The third-order valence-electron chi connectivity index (χ3n) is 5.75. The Morgan fingerprint density at radius 1 is 1.06 bits per heavy atom. The Bertz CT molecular complexity index is 1500. The number of aliphatic hydroxyl groups is 1. The molecule has 0 radical (unpaired) electrons. The molecule has 0 aliphatic rings. The van der Waals surface area contributed by atoms with Crippen molar-refractivity contribution in [3.63, 3.8) is 0 Å². The van der Waals surface area contributed by atoms with Gasteiger partial charge in [0.15, 0.2) is 5.60 Å². The van der Waals surface area contributed by atoms with Crippen molar-refractivity contribution in [1.29, 1.82) is 0 Å². The molecule has 0 spiro atoms. The lowest BCUT2D eigenvalue weighted by Gasteiger charge is -2.29. The number of rotatable bonds is 5. The number of imidazole rings is 1. The molecule has 0 saturated carbocycles. The molecular formula is C24H22N6O3. The SMILES string of the molecule is CNc1cccc(C(O)(c2ccccn2)c2cc(-c3c(C)noc3C)cc3[nH]c(=O)[nH]c23)n1. The van der Waals surface area contributed by atoms with Crippen LogP contribution < -0.4 is 11.0 Å². The molecule has 166 valence electrons. The third-order valence-corrected chi connectivity index (χ3v) is 5.75. The van der Waals surface area contributed by atoms with Crippen LogP contribution in [0.4, 0.5) is 5.82 Å². The maximum absolute atomic E-state index is 12.4. The van der Waals surface area contributed by atoms with Crippen LogP contribution in [-0.2, 0) is 5.60 Å². The molecular weight excluding hydrogens is 420 g/mol. The van der Waals surface area contributed by atoms with Gasteiger partial charge in [0.1, 0.15) is 11.6 Å². The normalized spacial score (nSPS) is 13.2. The van der Waals surface area contributed by atoms with Gasteiger partial charge in [0.05, 0.1) is 28.1 Å². The molecule has 0 aliphatic carbocycles. The molecule has 9 heteroatoms. The van der Waals surface area contributed by atoms with Crippen LogP contribution in [0.25, 0.3) is 22.2 Å². The highest BCUT2D eigenvalue weighted by molar-refractivity contribution is 5.87. The van der Waals surface area contributed by atoms with Crippen LogP contribution in [0.15, 0.2) is 64.0 Å². The number of nitrogens with one attached hydrogen (secondary N) is 3.